The molecule has 3 rings (SSSR count). The van der Waals surface area contributed by atoms with E-state index in [4.69, 9.17) is 27.6 Å². The molecular weight excluding hydrogens is 401 g/mol. The highest BCUT2D eigenvalue weighted by molar-refractivity contribution is 6.40. The topological polar surface area (TPSA) is 83.7 Å². The largest absolute Gasteiger partial charge is 0.458 e. The second-order valence-corrected chi connectivity index (χ2v) is 6.57. The predicted octanol–water partition coefficient (Wildman–Crippen LogP) is 4.59. The Bertz CT molecular complexity index is 996. The Morgan fingerprint density at radius 2 is 1.68 bits per heavy atom. The van der Waals surface area contributed by atoms with Gasteiger partial charge in [-0.25, -0.2) is 0 Å². The number of hydrogen-bond acceptors (Lipinski definition) is 4. The molecule has 142 valence electrons. The first-order valence-electron chi connectivity index (χ1n) is 8.23. The molecule has 28 heavy (non-hydrogen) atoms. The van der Waals surface area contributed by atoms with E-state index in [0.717, 1.165) is 5.69 Å². The monoisotopic (exact) mass is 415 g/mol. The van der Waals surface area contributed by atoms with Gasteiger partial charge >= 0.3 is 11.8 Å². The van der Waals surface area contributed by atoms with Crippen LogP contribution in [0.2, 0.25) is 10.0 Å². The number of furan rings is 1. The first-order chi connectivity index (χ1) is 13.5. The maximum absolute atomic E-state index is 12.0. The van der Waals surface area contributed by atoms with Crippen LogP contribution in [0, 0.1) is 0 Å². The molecule has 0 aliphatic heterocycles. The highest BCUT2D eigenvalue weighted by Gasteiger charge is 2.14. The summed E-state index contributed by atoms with van der Waals surface area (Å²) in [6.45, 7) is 0.0573. The molecular formula is C20H15Cl2N3O3. The summed E-state index contributed by atoms with van der Waals surface area (Å²) in [5.74, 6) is -0.629. The van der Waals surface area contributed by atoms with Gasteiger partial charge < -0.3 is 15.1 Å². The van der Waals surface area contributed by atoms with Gasteiger partial charge in [0.1, 0.15) is 11.5 Å². The number of anilines is 1. The van der Waals surface area contributed by atoms with Crippen LogP contribution >= 0.6 is 23.2 Å². The third-order valence-corrected chi connectivity index (χ3v) is 3.97. The van der Waals surface area contributed by atoms with Crippen LogP contribution in [0.5, 0.6) is 0 Å². The van der Waals surface area contributed by atoms with Crippen molar-refractivity contribution in [2.24, 2.45) is 4.99 Å². The Morgan fingerprint density at radius 1 is 0.964 bits per heavy atom. The van der Waals surface area contributed by atoms with Crippen molar-refractivity contribution in [3.8, 4) is 0 Å². The van der Waals surface area contributed by atoms with Crippen molar-refractivity contribution in [2.45, 2.75) is 6.54 Å². The van der Waals surface area contributed by atoms with Gasteiger partial charge in [-0.15, -0.1) is 0 Å². The van der Waals surface area contributed by atoms with Gasteiger partial charge in [-0.1, -0.05) is 41.4 Å². The van der Waals surface area contributed by atoms with Crippen molar-refractivity contribution in [1.29, 1.82) is 0 Å². The fourth-order valence-corrected chi connectivity index (χ4v) is 2.80. The van der Waals surface area contributed by atoms with E-state index in [-0.39, 0.29) is 6.54 Å². The molecule has 0 bridgehead atoms. The fourth-order valence-electron chi connectivity index (χ4n) is 2.27. The van der Waals surface area contributed by atoms with Crippen LogP contribution in [0.4, 0.5) is 11.4 Å². The van der Waals surface area contributed by atoms with Gasteiger partial charge in [0.05, 0.1) is 18.4 Å². The van der Waals surface area contributed by atoms with E-state index in [2.05, 4.69) is 15.6 Å². The number of carbonyl (C=O) groups excluding carboxylic acids is 2. The number of nitrogens with zero attached hydrogens (tertiary/aromatic N) is 1. The highest BCUT2D eigenvalue weighted by atomic mass is 35.5. The molecule has 2 amide bonds. The first-order valence-corrected chi connectivity index (χ1v) is 8.98. The van der Waals surface area contributed by atoms with Gasteiger partial charge in [0.15, 0.2) is 0 Å². The van der Waals surface area contributed by atoms with Crippen molar-refractivity contribution < 1.29 is 14.0 Å². The number of rotatable bonds is 5. The summed E-state index contributed by atoms with van der Waals surface area (Å²) in [6.07, 6.45) is 1.58. The zero-order valence-corrected chi connectivity index (χ0v) is 16.0. The number of carbonyl (C=O) groups is 2. The highest BCUT2D eigenvalue weighted by Crippen LogP contribution is 2.22. The van der Waals surface area contributed by atoms with Crippen LogP contribution in [0.1, 0.15) is 11.5 Å². The quantitative estimate of drug-likeness (QED) is 0.471. The molecule has 0 radical (unpaired) electrons. The second-order valence-electron chi connectivity index (χ2n) is 5.69. The SMILES string of the molecule is O=C(NCc1ccc(C=Nc2ccccc2)o1)C(=O)Nc1cc(Cl)cc(Cl)c1. The first kappa shape index (κ1) is 19.7. The summed E-state index contributed by atoms with van der Waals surface area (Å²) in [6, 6.07) is 17.3. The van der Waals surface area contributed by atoms with Crippen LogP contribution in [-0.2, 0) is 16.1 Å². The van der Waals surface area contributed by atoms with Crippen LogP contribution < -0.4 is 10.6 Å². The smallest absolute Gasteiger partial charge is 0.313 e. The van der Waals surface area contributed by atoms with Crippen molar-refractivity contribution in [2.75, 3.05) is 5.32 Å². The maximum Gasteiger partial charge on any atom is 0.313 e. The summed E-state index contributed by atoms with van der Waals surface area (Å²) in [5, 5.41) is 5.61. The lowest BCUT2D eigenvalue weighted by Crippen LogP contribution is -2.34. The van der Waals surface area contributed by atoms with E-state index in [1.807, 2.05) is 30.3 Å². The van der Waals surface area contributed by atoms with Crippen LogP contribution in [0.3, 0.4) is 0 Å². The third kappa shape index (κ3) is 5.70. The van der Waals surface area contributed by atoms with Gasteiger partial charge in [-0.3, -0.25) is 14.6 Å². The van der Waals surface area contributed by atoms with Crippen LogP contribution in [-0.4, -0.2) is 18.0 Å². The summed E-state index contributed by atoms with van der Waals surface area (Å²) >= 11 is 11.7. The molecule has 0 aliphatic carbocycles. The Hall–Kier alpha value is -3.09. The average molecular weight is 416 g/mol. The molecule has 0 saturated carbocycles. The summed E-state index contributed by atoms with van der Waals surface area (Å²) in [7, 11) is 0. The zero-order valence-electron chi connectivity index (χ0n) is 14.5. The van der Waals surface area contributed by atoms with Crippen LogP contribution in [0.15, 0.2) is 70.1 Å². The fraction of sp³-hybridized carbons (Fsp3) is 0.0500. The minimum Gasteiger partial charge on any atom is -0.458 e. The zero-order chi connectivity index (χ0) is 19.9. The second kappa shape index (κ2) is 9.21. The van der Waals surface area contributed by atoms with Crippen molar-refractivity contribution >= 4 is 52.6 Å². The van der Waals surface area contributed by atoms with E-state index in [1.54, 1.807) is 18.3 Å². The Labute approximate surface area is 171 Å². The molecule has 2 N–H and O–H groups in total. The normalized spacial score (nSPS) is 10.8. The molecule has 8 heteroatoms. The number of aliphatic imine (C=N–C) groups is 1. The molecule has 2 aromatic carbocycles. The van der Waals surface area contributed by atoms with E-state index >= 15 is 0 Å². The molecule has 0 saturated heterocycles. The van der Waals surface area contributed by atoms with Crippen LogP contribution in [0.25, 0.3) is 0 Å². The Balaban J connectivity index is 1.52. The van der Waals surface area contributed by atoms with Gasteiger partial charge in [0, 0.05) is 15.7 Å². The number of para-hydroxylation sites is 1. The molecule has 1 heterocycles. The van der Waals surface area contributed by atoms with Crippen molar-refractivity contribution in [1.82, 2.24) is 5.32 Å². The minimum absolute atomic E-state index is 0.0573. The Morgan fingerprint density at radius 3 is 2.39 bits per heavy atom. The predicted molar refractivity (Wildman–Crippen MR) is 109 cm³/mol. The van der Waals surface area contributed by atoms with E-state index in [1.165, 1.54) is 18.2 Å². The molecule has 0 atom stereocenters. The van der Waals surface area contributed by atoms with Crippen molar-refractivity contribution in [3.05, 3.63) is 82.2 Å². The lowest BCUT2D eigenvalue weighted by molar-refractivity contribution is -0.136. The molecule has 0 fully saturated rings. The maximum atomic E-state index is 12.0. The van der Waals surface area contributed by atoms with E-state index in [9.17, 15) is 9.59 Å². The Kier molecular flexibility index (Phi) is 6.47. The molecule has 0 spiro atoms. The summed E-state index contributed by atoms with van der Waals surface area (Å²) in [5.41, 5.74) is 1.13. The number of hydrogen-bond donors (Lipinski definition) is 2. The number of benzene rings is 2. The minimum atomic E-state index is -0.837. The van der Waals surface area contributed by atoms with E-state index < -0.39 is 11.8 Å². The van der Waals surface area contributed by atoms with Gasteiger partial charge in [-0.05, 0) is 42.5 Å². The summed E-state index contributed by atoms with van der Waals surface area (Å²) < 4.78 is 5.55. The number of nitrogens with one attached hydrogen (secondary N) is 2. The molecule has 0 aliphatic rings. The molecule has 6 nitrogen and oxygen atoms in total. The summed E-state index contributed by atoms with van der Waals surface area (Å²) in [4.78, 5) is 28.2. The molecule has 0 unspecified atom stereocenters. The average Bonchev–Trinajstić information content (AvgIpc) is 3.12. The molecule has 1 aromatic heterocycles. The standard InChI is InChI=1S/C20H15Cl2N3O3/c21-13-8-14(22)10-16(9-13)25-20(27)19(26)24-12-18-7-6-17(28-18)11-23-15-4-2-1-3-5-15/h1-11H,12H2,(H,24,26)(H,25,27). The van der Waals surface area contributed by atoms with Crippen molar-refractivity contribution in [3.63, 3.8) is 0 Å². The molecule has 3 aromatic rings. The third-order valence-electron chi connectivity index (χ3n) is 3.53. The number of halogens is 2. The number of amides is 2. The van der Waals surface area contributed by atoms with Gasteiger partial charge in [0.25, 0.3) is 0 Å². The lowest BCUT2D eigenvalue weighted by Gasteiger charge is -2.06. The van der Waals surface area contributed by atoms with Gasteiger partial charge in [-0.2, -0.15) is 0 Å². The van der Waals surface area contributed by atoms with Gasteiger partial charge in [0.2, 0.25) is 0 Å². The lowest BCUT2D eigenvalue weighted by atomic mass is 10.3. The van der Waals surface area contributed by atoms with E-state index in [0.29, 0.717) is 27.3 Å².